The SMILES string of the molecule is CCOC(=O)CCC(=O)COCc1ccco1. The van der Waals surface area contributed by atoms with Gasteiger partial charge in [-0.1, -0.05) is 0 Å². The topological polar surface area (TPSA) is 65.7 Å². The molecule has 0 amide bonds. The lowest BCUT2D eigenvalue weighted by molar-refractivity contribution is -0.144. The number of rotatable bonds is 8. The molecule has 0 radical (unpaired) electrons. The fraction of sp³-hybridized carbons (Fsp3) is 0.500. The van der Waals surface area contributed by atoms with Crippen molar-refractivity contribution < 1.29 is 23.5 Å². The predicted molar refractivity (Wildman–Crippen MR) is 59.2 cm³/mol. The summed E-state index contributed by atoms with van der Waals surface area (Å²) >= 11 is 0. The Bertz CT molecular complexity index is 342. The zero-order valence-electron chi connectivity index (χ0n) is 9.81. The van der Waals surface area contributed by atoms with Gasteiger partial charge in [-0.15, -0.1) is 0 Å². The molecule has 5 nitrogen and oxygen atoms in total. The molecule has 0 aliphatic rings. The lowest BCUT2D eigenvalue weighted by atomic mass is 10.2. The van der Waals surface area contributed by atoms with Crippen LogP contribution in [0.3, 0.4) is 0 Å². The monoisotopic (exact) mass is 240 g/mol. The van der Waals surface area contributed by atoms with Gasteiger partial charge in [0, 0.05) is 6.42 Å². The Morgan fingerprint density at radius 3 is 2.82 bits per heavy atom. The van der Waals surface area contributed by atoms with E-state index in [4.69, 9.17) is 13.9 Å². The molecular weight excluding hydrogens is 224 g/mol. The van der Waals surface area contributed by atoms with Gasteiger partial charge in [-0.05, 0) is 19.1 Å². The van der Waals surface area contributed by atoms with Gasteiger partial charge in [0.2, 0.25) is 0 Å². The number of ether oxygens (including phenoxy) is 2. The van der Waals surface area contributed by atoms with Crippen LogP contribution in [0.25, 0.3) is 0 Å². The number of hydrogen-bond donors (Lipinski definition) is 0. The van der Waals surface area contributed by atoms with Gasteiger partial charge in [0.1, 0.15) is 19.0 Å². The van der Waals surface area contributed by atoms with Crippen LogP contribution in [0.15, 0.2) is 22.8 Å². The molecule has 1 heterocycles. The van der Waals surface area contributed by atoms with E-state index >= 15 is 0 Å². The predicted octanol–water partition coefficient (Wildman–Crippen LogP) is 1.71. The summed E-state index contributed by atoms with van der Waals surface area (Å²) in [5.74, 6) is 0.194. The van der Waals surface area contributed by atoms with Crippen LogP contribution >= 0.6 is 0 Å². The van der Waals surface area contributed by atoms with Crippen molar-refractivity contribution in [2.45, 2.75) is 26.4 Å². The Balaban J connectivity index is 2.07. The van der Waals surface area contributed by atoms with Crippen LogP contribution in [0.4, 0.5) is 0 Å². The van der Waals surface area contributed by atoms with Gasteiger partial charge in [0.05, 0.1) is 19.3 Å². The molecule has 0 aliphatic carbocycles. The van der Waals surface area contributed by atoms with Gasteiger partial charge in [-0.25, -0.2) is 0 Å². The molecular formula is C12H16O5. The highest BCUT2D eigenvalue weighted by Gasteiger charge is 2.08. The summed E-state index contributed by atoms with van der Waals surface area (Å²) < 4.78 is 14.9. The molecule has 1 aromatic heterocycles. The zero-order chi connectivity index (χ0) is 12.5. The highest BCUT2D eigenvalue weighted by molar-refractivity contribution is 5.83. The third-order valence-corrected chi connectivity index (χ3v) is 2.00. The van der Waals surface area contributed by atoms with E-state index < -0.39 is 0 Å². The minimum atomic E-state index is -0.355. The van der Waals surface area contributed by atoms with Gasteiger partial charge in [0.15, 0.2) is 5.78 Å². The average molecular weight is 240 g/mol. The zero-order valence-corrected chi connectivity index (χ0v) is 9.81. The van der Waals surface area contributed by atoms with Gasteiger partial charge in [-0.2, -0.15) is 0 Å². The Kier molecular flexibility index (Phi) is 6.03. The van der Waals surface area contributed by atoms with Crippen LogP contribution in [0.5, 0.6) is 0 Å². The molecule has 0 atom stereocenters. The molecule has 1 aromatic rings. The number of esters is 1. The molecule has 5 heteroatoms. The molecule has 0 N–H and O–H groups in total. The lowest BCUT2D eigenvalue weighted by Gasteiger charge is -2.02. The average Bonchev–Trinajstić information content (AvgIpc) is 2.80. The van der Waals surface area contributed by atoms with Crippen LogP contribution < -0.4 is 0 Å². The maximum Gasteiger partial charge on any atom is 0.306 e. The first kappa shape index (κ1) is 13.4. The van der Waals surface area contributed by atoms with Gasteiger partial charge in [0.25, 0.3) is 0 Å². The number of hydrogen-bond acceptors (Lipinski definition) is 5. The molecule has 1 rings (SSSR count). The van der Waals surface area contributed by atoms with Crippen molar-refractivity contribution in [3.8, 4) is 0 Å². The first-order valence-corrected chi connectivity index (χ1v) is 5.49. The number of carbonyl (C=O) groups excluding carboxylic acids is 2. The Morgan fingerprint density at radius 1 is 1.35 bits per heavy atom. The number of carbonyl (C=O) groups is 2. The van der Waals surface area contributed by atoms with Gasteiger partial charge >= 0.3 is 5.97 Å². The summed E-state index contributed by atoms with van der Waals surface area (Å²) in [6.07, 6.45) is 1.80. The standard InChI is InChI=1S/C12H16O5/c1-2-16-12(14)6-5-10(13)8-15-9-11-4-3-7-17-11/h3-4,7H,2,5-6,8-9H2,1H3. The smallest absolute Gasteiger partial charge is 0.306 e. The first-order chi connectivity index (χ1) is 8.22. The van der Waals surface area contributed by atoms with E-state index in [0.29, 0.717) is 12.4 Å². The Morgan fingerprint density at radius 2 is 2.18 bits per heavy atom. The second-order valence-electron chi connectivity index (χ2n) is 3.42. The molecule has 0 saturated heterocycles. The summed E-state index contributed by atoms with van der Waals surface area (Å²) in [6, 6.07) is 3.52. The number of Topliss-reactive ketones (excluding diaryl/α,β-unsaturated/α-hetero) is 1. The molecule has 17 heavy (non-hydrogen) atoms. The highest BCUT2D eigenvalue weighted by Crippen LogP contribution is 2.02. The lowest BCUT2D eigenvalue weighted by Crippen LogP contribution is -2.12. The van der Waals surface area contributed by atoms with Crippen molar-refractivity contribution in [3.05, 3.63) is 24.2 Å². The molecule has 0 bridgehead atoms. The molecule has 0 aromatic carbocycles. The van der Waals surface area contributed by atoms with Crippen molar-refractivity contribution in [1.29, 1.82) is 0 Å². The molecule has 0 fully saturated rings. The van der Waals surface area contributed by atoms with E-state index in [2.05, 4.69) is 0 Å². The van der Waals surface area contributed by atoms with Crippen LogP contribution in [-0.2, 0) is 25.7 Å². The fourth-order valence-corrected chi connectivity index (χ4v) is 1.21. The number of ketones is 1. The molecule has 0 saturated carbocycles. The quantitative estimate of drug-likeness (QED) is 0.647. The second kappa shape index (κ2) is 7.62. The number of furan rings is 1. The molecule has 0 spiro atoms. The highest BCUT2D eigenvalue weighted by atomic mass is 16.5. The van der Waals surface area contributed by atoms with E-state index in [-0.39, 0.29) is 37.8 Å². The summed E-state index contributed by atoms with van der Waals surface area (Å²) in [5, 5.41) is 0. The van der Waals surface area contributed by atoms with Crippen molar-refractivity contribution in [2.24, 2.45) is 0 Å². The minimum absolute atomic E-state index is 0.0138. The Labute approximate surface area is 99.7 Å². The van der Waals surface area contributed by atoms with Crippen molar-refractivity contribution >= 4 is 11.8 Å². The fourth-order valence-electron chi connectivity index (χ4n) is 1.21. The summed E-state index contributed by atoms with van der Waals surface area (Å²) in [7, 11) is 0. The van der Waals surface area contributed by atoms with Gasteiger partial charge < -0.3 is 13.9 Å². The minimum Gasteiger partial charge on any atom is -0.467 e. The van der Waals surface area contributed by atoms with E-state index in [1.807, 2.05) is 0 Å². The van der Waals surface area contributed by atoms with E-state index in [9.17, 15) is 9.59 Å². The van der Waals surface area contributed by atoms with E-state index in [1.54, 1.807) is 25.3 Å². The van der Waals surface area contributed by atoms with Crippen LogP contribution in [0.1, 0.15) is 25.5 Å². The van der Waals surface area contributed by atoms with Crippen LogP contribution in [-0.4, -0.2) is 25.0 Å². The molecule has 94 valence electrons. The first-order valence-electron chi connectivity index (χ1n) is 5.49. The largest absolute Gasteiger partial charge is 0.467 e. The second-order valence-corrected chi connectivity index (χ2v) is 3.42. The maximum absolute atomic E-state index is 11.3. The molecule has 0 unspecified atom stereocenters. The maximum atomic E-state index is 11.3. The summed E-state index contributed by atoms with van der Waals surface area (Å²) in [4.78, 5) is 22.3. The van der Waals surface area contributed by atoms with Gasteiger partial charge in [-0.3, -0.25) is 9.59 Å². The van der Waals surface area contributed by atoms with Crippen LogP contribution in [0, 0.1) is 0 Å². The van der Waals surface area contributed by atoms with Crippen molar-refractivity contribution in [3.63, 3.8) is 0 Å². The summed E-state index contributed by atoms with van der Waals surface area (Å²) in [5.41, 5.74) is 0. The third-order valence-electron chi connectivity index (χ3n) is 2.00. The van der Waals surface area contributed by atoms with E-state index in [1.165, 1.54) is 0 Å². The summed E-state index contributed by atoms with van der Waals surface area (Å²) in [6.45, 7) is 2.31. The third kappa shape index (κ3) is 5.87. The van der Waals surface area contributed by atoms with Crippen molar-refractivity contribution in [1.82, 2.24) is 0 Å². The van der Waals surface area contributed by atoms with Crippen LogP contribution in [0.2, 0.25) is 0 Å². The Hall–Kier alpha value is -1.62. The normalized spacial score (nSPS) is 10.2. The van der Waals surface area contributed by atoms with Crippen molar-refractivity contribution in [2.75, 3.05) is 13.2 Å². The van der Waals surface area contributed by atoms with E-state index in [0.717, 1.165) is 0 Å². The molecule has 0 aliphatic heterocycles.